The van der Waals surface area contributed by atoms with Gasteiger partial charge in [-0.05, 0) is 13.8 Å². The maximum absolute atomic E-state index is 12.6. The Balaban J connectivity index is 3.17. The summed E-state index contributed by atoms with van der Waals surface area (Å²) in [6.07, 6.45) is -2.83. The number of anilines is 1. The van der Waals surface area contributed by atoms with E-state index in [1.165, 1.54) is 23.1 Å². The van der Waals surface area contributed by atoms with Gasteiger partial charge in [0.2, 0.25) is 0 Å². The Morgan fingerprint density at radius 1 is 1.38 bits per heavy atom. The summed E-state index contributed by atoms with van der Waals surface area (Å²) in [4.78, 5) is 11.5. The molecule has 0 radical (unpaired) electrons. The molecule has 0 saturated heterocycles. The number of hydrogen-bond donors (Lipinski definition) is 1. The molecular formula is C13H18F2N2O4. The van der Waals surface area contributed by atoms with Gasteiger partial charge in [-0.3, -0.25) is 10.1 Å². The van der Waals surface area contributed by atoms with Gasteiger partial charge in [-0.15, -0.1) is 0 Å². The first kappa shape index (κ1) is 17.1. The van der Waals surface area contributed by atoms with Crippen LogP contribution in [-0.2, 0) is 0 Å². The lowest BCUT2D eigenvalue weighted by Crippen LogP contribution is -2.31. The predicted molar refractivity (Wildman–Crippen MR) is 74.2 cm³/mol. The third-order valence-electron chi connectivity index (χ3n) is 2.55. The van der Waals surface area contributed by atoms with Gasteiger partial charge in [-0.25, -0.2) is 8.78 Å². The van der Waals surface area contributed by atoms with E-state index in [1.807, 2.05) is 0 Å². The average Bonchev–Trinajstić information content (AvgIpc) is 2.36. The number of aliphatic hydroxyl groups excluding tert-OH is 1. The number of non-ortho nitro benzene ring substituents is 1. The average molecular weight is 304 g/mol. The highest BCUT2D eigenvalue weighted by Gasteiger charge is 2.18. The van der Waals surface area contributed by atoms with Crippen LogP contribution in [-0.4, -0.2) is 42.3 Å². The third-order valence-corrected chi connectivity index (χ3v) is 2.55. The minimum absolute atomic E-state index is 0.0490. The Kier molecular flexibility index (Phi) is 6.29. The topological polar surface area (TPSA) is 75.8 Å². The Bertz CT molecular complexity index is 483. The fraction of sp³-hybridized carbons (Fsp3) is 0.538. The van der Waals surface area contributed by atoms with E-state index >= 15 is 0 Å². The summed E-state index contributed by atoms with van der Waals surface area (Å²) in [5, 5.41) is 19.9. The number of benzene rings is 1. The van der Waals surface area contributed by atoms with E-state index in [2.05, 4.69) is 0 Å². The molecule has 0 spiro atoms. The molecule has 21 heavy (non-hydrogen) atoms. The molecule has 0 heterocycles. The maximum atomic E-state index is 12.6. The highest BCUT2D eigenvalue weighted by Crippen LogP contribution is 2.29. The van der Waals surface area contributed by atoms with Gasteiger partial charge < -0.3 is 14.7 Å². The fourth-order valence-electron chi connectivity index (χ4n) is 1.81. The molecule has 0 bridgehead atoms. The smallest absolute Gasteiger partial charge is 0.275 e. The van der Waals surface area contributed by atoms with Crippen LogP contribution in [0.4, 0.5) is 20.2 Å². The molecule has 0 saturated carbocycles. The molecule has 0 amide bonds. The zero-order valence-corrected chi connectivity index (χ0v) is 11.8. The monoisotopic (exact) mass is 304 g/mol. The van der Waals surface area contributed by atoms with Crippen molar-refractivity contribution in [1.29, 1.82) is 0 Å². The van der Waals surface area contributed by atoms with E-state index in [0.717, 1.165) is 0 Å². The second kappa shape index (κ2) is 7.72. The van der Waals surface area contributed by atoms with Crippen LogP contribution in [0.5, 0.6) is 5.75 Å². The minimum atomic E-state index is -2.62. The van der Waals surface area contributed by atoms with Crippen LogP contribution in [0.1, 0.15) is 13.8 Å². The van der Waals surface area contributed by atoms with Crippen molar-refractivity contribution in [1.82, 2.24) is 0 Å². The van der Waals surface area contributed by atoms with Gasteiger partial charge in [0.25, 0.3) is 12.1 Å². The number of ether oxygens (including phenoxy) is 1. The normalized spacial score (nSPS) is 11.0. The van der Waals surface area contributed by atoms with Crippen LogP contribution in [0.3, 0.4) is 0 Å². The number of halogens is 2. The van der Waals surface area contributed by atoms with E-state index in [1.54, 1.807) is 13.8 Å². The molecule has 0 aliphatic heterocycles. The molecule has 0 fully saturated rings. The van der Waals surface area contributed by atoms with Gasteiger partial charge in [-0.1, -0.05) is 0 Å². The summed E-state index contributed by atoms with van der Waals surface area (Å²) in [6, 6.07) is 3.87. The first-order chi connectivity index (χ1) is 9.83. The minimum Gasteiger partial charge on any atom is -0.491 e. The number of alkyl halides is 2. The molecule has 8 heteroatoms. The first-order valence-corrected chi connectivity index (χ1v) is 6.43. The SMILES string of the molecule is CC(C)Oc1cc(N(CCO)CC(F)F)cc([N+](=O)[O-])c1. The second-order valence-corrected chi connectivity index (χ2v) is 4.67. The molecule has 0 aromatic heterocycles. The van der Waals surface area contributed by atoms with Crippen LogP contribution in [0.15, 0.2) is 18.2 Å². The van der Waals surface area contributed by atoms with E-state index in [4.69, 9.17) is 9.84 Å². The second-order valence-electron chi connectivity index (χ2n) is 4.67. The molecule has 1 aromatic rings. The van der Waals surface area contributed by atoms with Gasteiger partial charge in [0.1, 0.15) is 5.75 Å². The lowest BCUT2D eigenvalue weighted by atomic mass is 10.2. The van der Waals surface area contributed by atoms with Crippen molar-refractivity contribution >= 4 is 11.4 Å². The Hall–Kier alpha value is -1.96. The predicted octanol–water partition coefficient (Wildman–Crippen LogP) is 2.45. The standard InChI is InChI=1S/C13H18F2N2O4/c1-9(2)21-12-6-10(5-11(7-12)17(19)20)16(3-4-18)8-13(14)15/h5-7,9,13,18H,3-4,8H2,1-2H3. The molecule has 1 aromatic carbocycles. The van der Waals surface area contributed by atoms with E-state index in [-0.39, 0.29) is 36.4 Å². The largest absolute Gasteiger partial charge is 0.491 e. The summed E-state index contributed by atoms with van der Waals surface area (Å²) in [7, 11) is 0. The van der Waals surface area contributed by atoms with E-state index in [0.29, 0.717) is 0 Å². The maximum Gasteiger partial charge on any atom is 0.275 e. The number of nitro benzene ring substituents is 1. The molecule has 0 atom stereocenters. The first-order valence-electron chi connectivity index (χ1n) is 6.43. The lowest BCUT2D eigenvalue weighted by Gasteiger charge is -2.24. The van der Waals surface area contributed by atoms with Crippen molar-refractivity contribution in [2.24, 2.45) is 0 Å². The van der Waals surface area contributed by atoms with Crippen molar-refractivity contribution in [2.75, 3.05) is 24.6 Å². The number of aliphatic hydroxyl groups is 1. The Morgan fingerprint density at radius 2 is 2.05 bits per heavy atom. The molecule has 0 unspecified atom stereocenters. The Labute approximate surface area is 121 Å². The van der Waals surface area contributed by atoms with Crippen molar-refractivity contribution in [3.63, 3.8) is 0 Å². The molecule has 1 rings (SSSR count). The molecule has 118 valence electrons. The zero-order valence-electron chi connectivity index (χ0n) is 11.8. The lowest BCUT2D eigenvalue weighted by molar-refractivity contribution is -0.384. The van der Waals surface area contributed by atoms with Gasteiger partial charge in [0, 0.05) is 24.4 Å². The number of nitro groups is 1. The molecule has 0 aliphatic rings. The summed E-state index contributed by atoms with van der Waals surface area (Å²) in [5.41, 5.74) is -0.0328. The fourth-order valence-corrected chi connectivity index (χ4v) is 1.81. The Morgan fingerprint density at radius 3 is 2.52 bits per heavy atom. The van der Waals surface area contributed by atoms with E-state index < -0.39 is 17.9 Å². The summed E-state index contributed by atoms with van der Waals surface area (Å²) < 4.78 is 30.5. The molecule has 0 aliphatic carbocycles. The summed E-state index contributed by atoms with van der Waals surface area (Å²) in [5.74, 6) is 0.228. The molecule has 1 N–H and O–H groups in total. The highest BCUT2D eigenvalue weighted by atomic mass is 19.3. The number of rotatable bonds is 8. The van der Waals surface area contributed by atoms with Crippen molar-refractivity contribution in [2.45, 2.75) is 26.4 Å². The van der Waals surface area contributed by atoms with Gasteiger partial charge >= 0.3 is 0 Å². The number of hydrogen-bond acceptors (Lipinski definition) is 5. The summed E-state index contributed by atoms with van der Waals surface area (Å²) >= 11 is 0. The van der Waals surface area contributed by atoms with Crippen molar-refractivity contribution in [3.05, 3.63) is 28.3 Å². The molecule has 6 nitrogen and oxygen atoms in total. The van der Waals surface area contributed by atoms with Crippen molar-refractivity contribution < 1.29 is 23.5 Å². The van der Waals surface area contributed by atoms with Gasteiger partial charge in [-0.2, -0.15) is 0 Å². The van der Waals surface area contributed by atoms with Crippen LogP contribution < -0.4 is 9.64 Å². The van der Waals surface area contributed by atoms with Crippen molar-refractivity contribution in [3.8, 4) is 5.75 Å². The van der Waals surface area contributed by atoms with Crippen LogP contribution >= 0.6 is 0 Å². The number of nitrogens with zero attached hydrogens (tertiary/aromatic N) is 2. The summed E-state index contributed by atoms with van der Waals surface area (Å²) in [6.45, 7) is 2.50. The quantitative estimate of drug-likeness (QED) is 0.589. The zero-order chi connectivity index (χ0) is 16.0. The van der Waals surface area contributed by atoms with Gasteiger partial charge in [0.05, 0.1) is 30.2 Å². The van der Waals surface area contributed by atoms with Crippen LogP contribution in [0.2, 0.25) is 0 Å². The van der Waals surface area contributed by atoms with Crippen LogP contribution in [0, 0.1) is 10.1 Å². The van der Waals surface area contributed by atoms with Crippen LogP contribution in [0.25, 0.3) is 0 Å². The van der Waals surface area contributed by atoms with Gasteiger partial charge in [0.15, 0.2) is 0 Å². The third kappa shape index (κ3) is 5.50. The highest BCUT2D eigenvalue weighted by molar-refractivity contribution is 5.58. The van der Waals surface area contributed by atoms with E-state index in [9.17, 15) is 18.9 Å². The molecular weight excluding hydrogens is 286 g/mol.